The maximum absolute atomic E-state index is 11.6. The number of carbonyl (C=O) groups excluding carboxylic acids is 1. The second-order valence-corrected chi connectivity index (χ2v) is 5.44. The predicted molar refractivity (Wildman–Crippen MR) is 61.9 cm³/mol. The van der Waals surface area contributed by atoms with Crippen LogP contribution < -0.4 is 29.6 Å². The summed E-state index contributed by atoms with van der Waals surface area (Å²) in [6.07, 6.45) is 0.0371. The van der Waals surface area contributed by atoms with Crippen molar-refractivity contribution in [3.8, 4) is 0 Å². The molecule has 0 bridgehead atoms. The molecule has 0 saturated carbocycles. The van der Waals surface area contributed by atoms with Crippen LogP contribution in [0.25, 0.3) is 0 Å². The largest absolute Gasteiger partial charge is 1.00 e. The average Bonchev–Trinajstić information content (AvgIpc) is 2.08. The summed E-state index contributed by atoms with van der Waals surface area (Å²) in [4.78, 5) is 13.1. The van der Waals surface area contributed by atoms with Gasteiger partial charge in [-0.05, 0) is 34.1 Å². The van der Waals surface area contributed by atoms with Gasteiger partial charge < -0.3 is 14.2 Å². The molecule has 0 aromatic heterocycles. The molecule has 1 unspecified atom stereocenters. The molecule has 0 saturated heterocycles. The summed E-state index contributed by atoms with van der Waals surface area (Å²) in [5.74, 6) is 0.0687. The molecule has 0 heterocycles. The summed E-state index contributed by atoms with van der Waals surface area (Å²) < 4.78 is 25.8. The number of amides is 1. The van der Waals surface area contributed by atoms with Gasteiger partial charge in [0.25, 0.3) is 0 Å². The Morgan fingerprint density at radius 1 is 1.41 bits per heavy atom. The van der Waals surface area contributed by atoms with E-state index in [1.807, 2.05) is 6.92 Å². The van der Waals surface area contributed by atoms with Crippen LogP contribution in [0.3, 0.4) is 0 Å². The molecule has 0 radical (unpaired) electrons. The number of hydrogen-bond donors (Lipinski definition) is 0. The molecule has 0 spiro atoms. The first-order valence-corrected chi connectivity index (χ1v) is 6.54. The first kappa shape index (κ1) is 19.7. The van der Waals surface area contributed by atoms with E-state index in [2.05, 4.69) is 0 Å². The third-order valence-corrected chi connectivity index (χ3v) is 2.39. The number of rotatable bonds is 5. The molecule has 96 valence electrons. The minimum atomic E-state index is -2.05. The summed E-state index contributed by atoms with van der Waals surface area (Å²) in [5, 5.41) is 0. The van der Waals surface area contributed by atoms with E-state index in [1.54, 1.807) is 20.8 Å². The van der Waals surface area contributed by atoms with E-state index in [4.69, 9.17) is 4.74 Å². The second kappa shape index (κ2) is 9.33. The first-order valence-electron chi connectivity index (χ1n) is 5.30. The van der Waals surface area contributed by atoms with Crippen molar-refractivity contribution in [2.24, 2.45) is 0 Å². The topological polar surface area (TPSA) is 69.7 Å². The Hall–Kier alpha value is 0.380. The molecule has 0 aromatic carbocycles. The van der Waals surface area contributed by atoms with Crippen molar-refractivity contribution in [2.45, 2.75) is 39.7 Å². The van der Waals surface area contributed by atoms with Crippen LogP contribution in [0.1, 0.15) is 34.1 Å². The van der Waals surface area contributed by atoms with E-state index in [0.717, 1.165) is 0 Å². The number of carbonyl (C=O) groups is 1. The Kier molecular flexibility index (Phi) is 10.8. The van der Waals surface area contributed by atoms with Crippen molar-refractivity contribution in [1.82, 2.24) is 4.90 Å². The standard InChI is InChI=1S/C10H21NO4S.Na/c1-5-11(7-6-8-16(13)14)9(12)15-10(2,3)4;/h5-8H2,1-4H3,(H,13,14);/q;+1/p-1. The molecule has 0 aliphatic carbocycles. The van der Waals surface area contributed by atoms with Crippen LogP contribution in [-0.4, -0.2) is 44.2 Å². The molecule has 0 N–H and O–H groups in total. The normalized spacial score (nSPS) is 12.5. The molecule has 1 atom stereocenters. The molecule has 17 heavy (non-hydrogen) atoms. The molecule has 0 fully saturated rings. The van der Waals surface area contributed by atoms with Crippen molar-refractivity contribution in [3.63, 3.8) is 0 Å². The van der Waals surface area contributed by atoms with E-state index in [1.165, 1.54) is 4.90 Å². The molecule has 0 aliphatic heterocycles. The van der Waals surface area contributed by atoms with E-state index in [0.29, 0.717) is 19.5 Å². The van der Waals surface area contributed by atoms with Gasteiger partial charge in [0.05, 0.1) is 0 Å². The smallest absolute Gasteiger partial charge is 0.772 e. The van der Waals surface area contributed by atoms with Crippen LogP contribution in [0.5, 0.6) is 0 Å². The van der Waals surface area contributed by atoms with E-state index in [9.17, 15) is 13.6 Å². The molecule has 0 aliphatic rings. The quantitative estimate of drug-likeness (QED) is 0.452. The van der Waals surface area contributed by atoms with E-state index in [-0.39, 0.29) is 35.3 Å². The van der Waals surface area contributed by atoms with Gasteiger partial charge in [-0.25, -0.2) is 4.79 Å². The Labute approximate surface area is 128 Å². The van der Waals surface area contributed by atoms with Gasteiger partial charge in [-0.1, -0.05) is 11.1 Å². The Morgan fingerprint density at radius 2 is 1.94 bits per heavy atom. The maximum Gasteiger partial charge on any atom is 1.00 e. The van der Waals surface area contributed by atoms with Gasteiger partial charge in [-0.3, -0.25) is 4.21 Å². The van der Waals surface area contributed by atoms with Crippen LogP contribution in [0, 0.1) is 0 Å². The van der Waals surface area contributed by atoms with Gasteiger partial charge in [0.2, 0.25) is 0 Å². The Balaban J connectivity index is 0. The molecular formula is C10H20NNaO4S. The first-order chi connectivity index (χ1) is 7.26. The molecule has 0 rings (SSSR count). The number of nitrogens with zero attached hydrogens (tertiary/aromatic N) is 1. The molecular weight excluding hydrogens is 253 g/mol. The summed E-state index contributed by atoms with van der Waals surface area (Å²) in [5.41, 5.74) is -0.522. The van der Waals surface area contributed by atoms with Gasteiger partial charge in [0, 0.05) is 18.8 Å². The minimum Gasteiger partial charge on any atom is -0.772 e. The third-order valence-electron chi connectivity index (χ3n) is 1.77. The van der Waals surface area contributed by atoms with Crippen molar-refractivity contribution in [3.05, 3.63) is 0 Å². The second-order valence-electron chi connectivity index (χ2n) is 4.42. The van der Waals surface area contributed by atoms with Gasteiger partial charge in [-0.2, -0.15) is 0 Å². The molecule has 5 nitrogen and oxygen atoms in total. The van der Waals surface area contributed by atoms with Gasteiger partial charge >= 0.3 is 35.7 Å². The zero-order chi connectivity index (χ0) is 12.8. The fourth-order valence-electron chi connectivity index (χ4n) is 1.08. The van der Waals surface area contributed by atoms with E-state index >= 15 is 0 Å². The Bertz CT molecular complexity index is 255. The van der Waals surface area contributed by atoms with Crippen molar-refractivity contribution >= 4 is 17.2 Å². The fourth-order valence-corrected chi connectivity index (χ4v) is 1.44. The summed E-state index contributed by atoms with van der Waals surface area (Å²) in [6.45, 7) is 8.14. The van der Waals surface area contributed by atoms with Crippen molar-refractivity contribution in [2.75, 3.05) is 18.8 Å². The Morgan fingerprint density at radius 3 is 2.29 bits per heavy atom. The molecule has 0 aromatic rings. The predicted octanol–water partition coefficient (Wildman–Crippen LogP) is -1.48. The van der Waals surface area contributed by atoms with Gasteiger partial charge in [0.1, 0.15) is 5.60 Å². The monoisotopic (exact) mass is 273 g/mol. The molecule has 7 heteroatoms. The van der Waals surface area contributed by atoms with Crippen LogP contribution in [-0.2, 0) is 15.8 Å². The zero-order valence-corrected chi connectivity index (χ0v) is 14.1. The summed E-state index contributed by atoms with van der Waals surface area (Å²) in [7, 11) is 0. The van der Waals surface area contributed by atoms with E-state index < -0.39 is 22.8 Å². The number of hydrogen-bond acceptors (Lipinski definition) is 4. The van der Waals surface area contributed by atoms with Crippen molar-refractivity contribution in [1.29, 1.82) is 0 Å². The summed E-state index contributed by atoms with van der Waals surface area (Å²) >= 11 is -2.05. The SMILES string of the molecule is CCN(CCCS(=O)[O-])C(=O)OC(C)(C)C.[Na+]. The number of ether oxygens (including phenoxy) is 1. The van der Waals surface area contributed by atoms with Gasteiger partial charge in [-0.15, -0.1) is 0 Å². The van der Waals surface area contributed by atoms with Crippen LogP contribution >= 0.6 is 0 Å². The minimum absolute atomic E-state index is 0. The van der Waals surface area contributed by atoms with Crippen LogP contribution in [0.2, 0.25) is 0 Å². The maximum atomic E-state index is 11.6. The van der Waals surface area contributed by atoms with Crippen LogP contribution in [0.4, 0.5) is 4.79 Å². The zero-order valence-electron chi connectivity index (χ0n) is 11.3. The van der Waals surface area contributed by atoms with Crippen LogP contribution in [0.15, 0.2) is 0 Å². The van der Waals surface area contributed by atoms with Gasteiger partial charge in [0.15, 0.2) is 0 Å². The fraction of sp³-hybridized carbons (Fsp3) is 0.900. The van der Waals surface area contributed by atoms with Crippen molar-refractivity contribution < 1.29 is 47.9 Å². The summed E-state index contributed by atoms with van der Waals surface area (Å²) in [6, 6.07) is 0. The third kappa shape index (κ3) is 11.2. The molecule has 1 amide bonds. The average molecular weight is 273 g/mol.